The normalized spacial score (nSPS) is 14.4. The van der Waals surface area contributed by atoms with Gasteiger partial charge >= 0.3 is 11.9 Å². The number of Topliss-reactive ketones (excluding diaryl/α,β-unsaturated/α-hetero) is 1. The number of carbonyl (C=O) groups excluding carboxylic acids is 3. The maximum Gasteiger partial charge on any atom is 0.339 e. The molecular weight excluding hydrogens is 319 g/mol. The number of hydrogen-bond donors (Lipinski definition) is 1. The van der Waals surface area contributed by atoms with Crippen LogP contribution >= 0.6 is 0 Å². The minimum atomic E-state index is -2.56. The van der Waals surface area contributed by atoms with Gasteiger partial charge in [-0.25, -0.2) is 9.18 Å². The SMILES string of the molecule is CCOC(=O)[C@@H](c1ccccc1F)[C@](O)(CC(C)=O)C(=O)OCC. The molecule has 0 amide bonds. The highest BCUT2D eigenvalue weighted by Gasteiger charge is 2.52. The van der Waals surface area contributed by atoms with Crippen LogP contribution in [0.1, 0.15) is 38.7 Å². The van der Waals surface area contributed by atoms with Crippen LogP contribution < -0.4 is 0 Å². The lowest BCUT2D eigenvalue weighted by Crippen LogP contribution is -2.50. The summed E-state index contributed by atoms with van der Waals surface area (Å²) in [5.74, 6) is -5.28. The van der Waals surface area contributed by atoms with Crippen molar-refractivity contribution in [2.45, 2.75) is 38.7 Å². The van der Waals surface area contributed by atoms with E-state index in [1.54, 1.807) is 0 Å². The van der Waals surface area contributed by atoms with Gasteiger partial charge in [-0.1, -0.05) is 18.2 Å². The number of halogens is 1. The molecule has 24 heavy (non-hydrogen) atoms. The number of ketones is 1. The molecule has 1 aromatic rings. The first-order valence-corrected chi connectivity index (χ1v) is 7.58. The number of esters is 2. The van der Waals surface area contributed by atoms with Gasteiger partial charge in [0.15, 0.2) is 5.60 Å². The number of benzene rings is 1. The number of ether oxygens (including phenoxy) is 2. The van der Waals surface area contributed by atoms with Crippen molar-refractivity contribution in [1.29, 1.82) is 0 Å². The van der Waals surface area contributed by atoms with Crippen LogP contribution in [0, 0.1) is 5.82 Å². The van der Waals surface area contributed by atoms with Crippen molar-refractivity contribution in [3.63, 3.8) is 0 Å². The lowest BCUT2D eigenvalue weighted by molar-refractivity contribution is -0.177. The van der Waals surface area contributed by atoms with E-state index in [0.717, 1.165) is 13.0 Å². The molecule has 0 unspecified atom stereocenters. The average molecular weight is 340 g/mol. The van der Waals surface area contributed by atoms with Gasteiger partial charge in [0.05, 0.1) is 13.2 Å². The van der Waals surface area contributed by atoms with Crippen molar-refractivity contribution in [2.24, 2.45) is 0 Å². The van der Waals surface area contributed by atoms with Crippen molar-refractivity contribution in [2.75, 3.05) is 13.2 Å². The van der Waals surface area contributed by atoms with E-state index < -0.39 is 41.5 Å². The van der Waals surface area contributed by atoms with Gasteiger partial charge in [-0.15, -0.1) is 0 Å². The molecule has 0 aliphatic rings. The van der Waals surface area contributed by atoms with Gasteiger partial charge in [0, 0.05) is 12.0 Å². The van der Waals surface area contributed by atoms with Crippen molar-refractivity contribution < 1.29 is 33.4 Å². The zero-order valence-corrected chi connectivity index (χ0v) is 13.9. The van der Waals surface area contributed by atoms with Gasteiger partial charge in [0.1, 0.15) is 17.5 Å². The molecule has 0 aliphatic heterocycles. The molecule has 0 fully saturated rings. The lowest BCUT2D eigenvalue weighted by Gasteiger charge is -2.32. The molecule has 0 bridgehead atoms. The third kappa shape index (κ3) is 4.38. The number of hydrogen-bond acceptors (Lipinski definition) is 6. The molecule has 2 atom stereocenters. The van der Waals surface area contributed by atoms with Crippen LogP contribution in [0.15, 0.2) is 24.3 Å². The molecule has 1 aromatic carbocycles. The fourth-order valence-electron chi connectivity index (χ4n) is 2.44. The minimum Gasteiger partial charge on any atom is -0.465 e. The molecule has 7 heteroatoms. The maximum absolute atomic E-state index is 14.2. The summed E-state index contributed by atoms with van der Waals surface area (Å²) in [4.78, 5) is 36.2. The number of aliphatic hydroxyl groups is 1. The van der Waals surface area contributed by atoms with E-state index in [-0.39, 0.29) is 18.8 Å². The fourth-order valence-corrected chi connectivity index (χ4v) is 2.44. The first kappa shape index (κ1) is 19.8. The van der Waals surface area contributed by atoms with E-state index in [2.05, 4.69) is 0 Å². The summed E-state index contributed by atoms with van der Waals surface area (Å²) in [6, 6.07) is 5.18. The van der Waals surface area contributed by atoms with E-state index in [0.29, 0.717) is 0 Å². The minimum absolute atomic E-state index is 0.0389. The first-order valence-electron chi connectivity index (χ1n) is 7.58. The average Bonchev–Trinajstić information content (AvgIpc) is 2.49. The van der Waals surface area contributed by atoms with Gasteiger partial charge < -0.3 is 14.6 Å². The summed E-state index contributed by atoms with van der Waals surface area (Å²) in [5.41, 5.74) is -2.80. The summed E-state index contributed by atoms with van der Waals surface area (Å²) in [5, 5.41) is 10.9. The van der Waals surface area contributed by atoms with E-state index in [9.17, 15) is 23.9 Å². The molecule has 0 aromatic heterocycles. The second-order valence-electron chi connectivity index (χ2n) is 5.23. The van der Waals surface area contributed by atoms with E-state index >= 15 is 0 Å². The van der Waals surface area contributed by atoms with Gasteiger partial charge in [-0.05, 0) is 26.8 Å². The third-order valence-corrected chi connectivity index (χ3v) is 3.36. The van der Waals surface area contributed by atoms with Crippen molar-refractivity contribution in [3.8, 4) is 0 Å². The Balaban J connectivity index is 3.51. The van der Waals surface area contributed by atoms with Crippen molar-refractivity contribution in [3.05, 3.63) is 35.6 Å². The summed E-state index contributed by atoms with van der Waals surface area (Å²) in [7, 11) is 0. The largest absolute Gasteiger partial charge is 0.465 e. The van der Waals surface area contributed by atoms with Crippen LogP contribution in [-0.4, -0.2) is 41.6 Å². The van der Waals surface area contributed by atoms with Crippen LogP contribution in [0.2, 0.25) is 0 Å². The Morgan fingerprint density at radius 3 is 2.25 bits per heavy atom. The molecule has 132 valence electrons. The molecule has 0 radical (unpaired) electrons. The predicted molar refractivity (Wildman–Crippen MR) is 82.7 cm³/mol. The summed E-state index contributed by atoms with van der Waals surface area (Å²) >= 11 is 0. The highest BCUT2D eigenvalue weighted by molar-refractivity contribution is 5.95. The number of carbonyl (C=O) groups is 3. The Kier molecular flexibility index (Phi) is 7.03. The van der Waals surface area contributed by atoms with Crippen LogP contribution in [0.3, 0.4) is 0 Å². The Bertz CT molecular complexity index is 615. The van der Waals surface area contributed by atoms with E-state index in [1.165, 1.54) is 32.0 Å². The number of rotatable bonds is 8. The van der Waals surface area contributed by atoms with Crippen LogP contribution in [0.5, 0.6) is 0 Å². The standard InChI is InChI=1S/C17H21FO6/c1-4-23-15(20)14(12-8-6-7-9-13(12)18)17(22,10-11(3)19)16(21)24-5-2/h6-9,14,22H,4-5,10H2,1-3H3/t14-,17-/m1/s1. The molecule has 0 spiro atoms. The Labute approximate surface area is 139 Å². The van der Waals surface area contributed by atoms with Gasteiger partial charge in [0.25, 0.3) is 0 Å². The second kappa shape index (κ2) is 8.54. The Hall–Kier alpha value is -2.28. The smallest absolute Gasteiger partial charge is 0.339 e. The van der Waals surface area contributed by atoms with Crippen LogP contribution in [0.25, 0.3) is 0 Å². The molecule has 6 nitrogen and oxygen atoms in total. The van der Waals surface area contributed by atoms with Crippen molar-refractivity contribution >= 4 is 17.7 Å². The van der Waals surface area contributed by atoms with Gasteiger partial charge in [-0.2, -0.15) is 0 Å². The quantitative estimate of drug-likeness (QED) is 0.725. The highest BCUT2D eigenvalue weighted by atomic mass is 19.1. The molecule has 0 saturated carbocycles. The van der Waals surface area contributed by atoms with Crippen molar-refractivity contribution in [1.82, 2.24) is 0 Å². The first-order chi connectivity index (χ1) is 11.3. The second-order valence-corrected chi connectivity index (χ2v) is 5.23. The van der Waals surface area contributed by atoms with Crippen LogP contribution in [-0.2, 0) is 23.9 Å². The van der Waals surface area contributed by atoms with E-state index in [1.807, 2.05) is 0 Å². The summed E-state index contributed by atoms with van der Waals surface area (Å²) in [6.45, 7) is 4.07. The third-order valence-electron chi connectivity index (χ3n) is 3.36. The molecule has 1 rings (SSSR count). The maximum atomic E-state index is 14.2. The Morgan fingerprint density at radius 1 is 1.17 bits per heavy atom. The monoisotopic (exact) mass is 340 g/mol. The zero-order chi connectivity index (χ0) is 18.3. The summed E-state index contributed by atoms with van der Waals surface area (Å²) < 4.78 is 23.9. The molecule has 1 N–H and O–H groups in total. The fraction of sp³-hybridized carbons (Fsp3) is 0.471. The summed E-state index contributed by atoms with van der Waals surface area (Å²) in [6.07, 6.45) is -0.705. The predicted octanol–water partition coefficient (Wildman–Crippen LogP) is 1.75. The van der Waals surface area contributed by atoms with Gasteiger partial charge in [0.2, 0.25) is 0 Å². The lowest BCUT2D eigenvalue weighted by atomic mass is 9.78. The Morgan fingerprint density at radius 2 is 1.75 bits per heavy atom. The van der Waals surface area contributed by atoms with Crippen LogP contribution in [0.4, 0.5) is 4.39 Å². The molecule has 0 aliphatic carbocycles. The van der Waals surface area contributed by atoms with Gasteiger partial charge in [-0.3, -0.25) is 9.59 Å². The van der Waals surface area contributed by atoms with E-state index in [4.69, 9.17) is 9.47 Å². The highest BCUT2D eigenvalue weighted by Crippen LogP contribution is 2.35. The topological polar surface area (TPSA) is 89.9 Å². The molecule has 0 saturated heterocycles. The zero-order valence-electron chi connectivity index (χ0n) is 13.9. The molecular formula is C17H21FO6. The molecule has 0 heterocycles.